The Hall–Kier alpha value is -5.40. The van der Waals surface area contributed by atoms with Gasteiger partial charge in [-0.15, -0.1) is 0 Å². The number of rotatable bonds is 17. The first-order chi connectivity index (χ1) is 26.6. The van der Waals surface area contributed by atoms with Crippen molar-refractivity contribution in [3.05, 3.63) is 83.6 Å². The van der Waals surface area contributed by atoms with E-state index in [0.29, 0.717) is 66.9 Å². The Morgan fingerprint density at radius 2 is 1.58 bits per heavy atom. The number of piperazine rings is 1. The molecule has 0 spiro atoms. The Morgan fingerprint density at radius 1 is 0.873 bits per heavy atom. The van der Waals surface area contributed by atoms with Gasteiger partial charge in [0.15, 0.2) is 11.5 Å². The molecule has 0 bridgehead atoms. The normalized spacial score (nSPS) is 13.2. The topological polar surface area (TPSA) is 122 Å². The number of aryl methyl sites for hydroxylation is 3. The number of hydrogen-bond donors (Lipinski definition) is 1. The average Bonchev–Trinajstić information content (AvgIpc) is 3.18. The van der Waals surface area contributed by atoms with Crippen LogP contribution in [0.3, 0.4) is 0 Å². The molecular formula is C42H55N7O6. The second kappa shape index (κ2) is 19.8. The van der Waals surface area contributed by atoms with Crippen LogP contribution in [0, 0.1) is 13.8 Å². The maximum absolute atomic E-state index is 14.2. The summed E-state index contributed by atoms with van der Waals surface area (Å²) >= 11 is 0. The number of nitrogens with one attached hydrogen (secondary N) is 1. The first-order valence-corrected chi connectivity index (χ1v) is 19.0. The van der Waals surface area contributed by atoms with Crippen LogP contribution in [0.25, 0.3) is 0 Å². The summed E-state index contributed by atoms with van der Waals surface area (Å²) in [4.78, 5) is 44.3. The molecule has 1 N–H and O–H groups in total. The highest BCUT2D eigenvalue weighted by atomic mass is 16.6. The molecule has 13 heteroatoms. The fourth-order valence-corrected chi connectivity index (χ4v) is 6.57. The lowest BCUT2D eigenvalue weighted by Crippen LogP contribution is -2.44. The summed E-state index contributed by atoms with van der Waals surface area (Å²) in [7, 11) is 5.31. The van der Waals surface area contributed by atoms with Crippen LogP contribution in [0.5, 0.6) is 23.0 Å². The lowest BCUT2D eigenvalue weighted by Gasteiger charge is -2.32. The molecule has 0 unspecified atom stereocenters. The van der Waals surface area contributed by atoms with Crippen LogP contribution in [0.1, 0.15) is 43.4 Å². The van der Waals surface area contributed by atoms with Gasteiger partial charge in [-0.05, 0) is 76.4 Å². The molecule has 2 heterocycles. The fraction of sp³-hybridized carbons (Fsp3) is 0.429. The van der Waals surface area contributed by atoms with Crippen molar-refractivity contribution in [2.24, 2.45) is 0 Å². The maximum atomic E-state index is 14.2. The molecule has 5 rings (SSSR count). The third kappa shape index (κ3) is 10.9. The Labute approximate surface area is 325 Å². The van der Waals surface area contributed by atoms with Gasteiger partial charge in [-0.2, -0.15) is 4.98 Å². The summed E-state index contributed by atoms with van der Waals surface area (Å²) in [5.74, 6) is 2.57. The number of nitrogens with zero attached hydrogens (tertiary/aromatic N) is 6. The van der Waals surface area contributed by atoms with Gasteiger partial charge in [0.1, 0.15) is 11.6 Å². The second-order valence-electron chi connectivity index (χ2n) is 13.6. The molecule has 0 aliphatic carbocycles. The molecule has 0 saturated carbocycles. The Bertz CT molecular complexity index is 1870. The number of para-hydroxylation sites is 1. The van der Waals surface area contributed by atoms with Gasteiger partial charge in [0.25, 0.3) is 0 Å². The van der Waals surface area contributed by atoms with Gasteiger partial charge >= 0.3 is 6.09 Å². The molecule has 13 nitrogen and oxygen atoms in total. The van der Waals surface area contributed by atoms with Gasteiger partial charge in [0.2, 0.25) is 17.6 Å². The minimum absolute atomic E-state index is 0.0857. The van der Waals surface area contributed by atoms with Crippen molar-refractivity contribution in [3.63, 3.8) is 0 Å². The van der Waals surface area contributed by atoms with Gasteiger partial charge in [0, 0.05) is 82.3 Å². The Morgan fingerprint density at radius 3 is 2.27 bits per heavy atom. The van der Waals surface area contributed by atoms with Crippen molar-refractivity contribution >= 4 is 35.1 Å². The average molecular weight is 754 g/mol. The Kier molecular flexibility index (Phi) is 14.7. The molecule has 55 heavy (non-hydrogen) atoms. The maximum Gasteiger partial charge on any atom is 0.425 e. The standard InChI is InChI=1S/C42H55N7O6/c1-8-48(9-2)38(50)18-17-32-15-11-16-34(27-32)49(42(51)55-39-30(3)13-10-14-31(39)4)37-19-20-43-41(45-37)44-33-28-35(52-6)40(53-7)36(29-33)54-26-12-21-47-24-22-46(5)23-25-47/h10-11,13-16,19-20,27-29H,8-9,12,17-18,21-26H2,1-7H3,(H,43,44,45). The van der Waals surface area contributed by atoms with E-state index in [2.05, 4.69) is 27.1 Å². The van der Waals surface area contributed by atoms with E-state index in [1.807, 2.05) is 81.1 Å². The molecule has 294 valence electrons. The smallest absolute Gasteiger partial charge is 0.425 e. The Balaban J connectivity index is 1.40. The summed E-state index contributed by atoms with van der Waals surface area (Å²) in [6.07, 6.45) is 2.66. The van der Waals surface area contributed by atoms with E-state index in [0.717, 1.165) is 55.8 Å². The number of carbonyl (C=O) groups excluding carboxylic acids is 2. The fourth-order valence-electron chi connectivity index (χ4n) is 6.57. The summed E-state index contributed by atoms with van der Waals surface area (Å²) in [6.45, 7) is 14.8. The van der Waals surface area contributed by atoms with Crippen molar-refractivity contribution in [3.8, 4) is 23.0 Å². The van der Waals surface area contributed by atoms with Gasteiger partial charge in [-0.1, -0.05) is 30.3 Å². The van der Waals surface area contributed by atoms with Crippen LogP contribution >= 0.6 is 0 Å². The van der Waals surface area contributed by atoms with Crippen LogP contribution in [0.4, 0.5) is 27.9 Å². The number of carbonyl (C=O) groups is 2. The molecule has 1 fully saturated rings. The summed E-state index contributed by atoms with van der Waals surface area (Å²) in [5.41, 5.74) is 3.69. The molecule has 2 amide bonds. The lowest BCUT2D eigenvalue weighted by atomic mass is 10.1. The van der Waals surface area contributed by atoms with Gasteiger partial charge in [-0.25, -0.2) is 14.7 Å². The summed E-state index contributed by atoms with van der Waals surface area (Å²) in [6, 6.07) is 18.5. The molecule has 1 aromatic heterocycles. The molecule has 0 atom stereocenters. The van der Waals surface area contributed by atoms with E-state index >= 15 is 0 Å². The van der Waals surface area contributed by atoms with Crippen LogP contribution in [-0.4, -0.2) is 110 Å². The summed E-state index contributed by atoms with van der Waals surface area (Å²) < 4.78 is 23.7. The van der Waals surface area contributed by atoms with Crippen LogP contribution in [0.2, 0.25) is 0 Å². The van der Waals surface area contributed by atoms with Gasteiger partial charge < -0.3 is 39.0 Å². The number of benzene rings is 3. The lowest BCUT2D eigenvalue weighted by molar-refractivity contribution is -0.130. The molecule has 0 radical (unpaired) electrons. The number of methoxy groups -OCH3 is 2. The van der Waals surface area contributed by atoms with Gasteiger partial charge in [-0.3, -0.25) is 4.79 Å². The molecular weight excluding hydrogens is 699 g/mol. The zero-order chi connectivity index (χ0) is 39.3. The number of ether oxygens (including phenoxy) is 4. The number of aromatic nitrogens is 2. The minimum atomic E-state index is -0.642. The zero-order valence-electron chi connectivity index (χ0n) is 33.3. The van der Waals surface area contributed by atoms with E-state index in [-0.39, 0.29) is 17.7 Å². The number of anilines is 4. The zero-order valence-corrected chi connectivity index (χ0v) is 33.3. The van der Waals surface area contributed by atoms with Crippen LogP contribution in [0.15, 0.2) is 66.9 Å². The van der Waals surface area contributed by atoms with E-state index in [1.165, 1.54) is 4.90 Å². The highest BCUT2D eigenvalue weighted by molar-refractivity contribution is 5.96. The van der Waals surface area contributed by atoms with Gasteiger partial charge in [0.05, 0.1) is 26.5 Å². The van der Waals surface area contributed by atoms with Crippen molar-refractivity contribution in [1.82, 2.24) is 24.7 Å². The van der Waals surface area contributed by atoms with Crippen LogP contribution in [-0.2, 0) is 11.2 Å². The number of hydrogen-bond acceptors (Lipinski definition) is 11. The predicted molar refractivity (Wildman–Crippen MR) is 216 cm³/mol. The monoisotopic (exact) mass is 753 g/mol. The van der Waals surface area contributed by atoms with Crippen LogP contribution < -0.4 is 29.2 Å². The highest BCUT2D eigenvalue weighted by Gasteiger charge is 2.25. The van der Waals surface area contributed by atoms with E-state index in [1.54, 1.807) is 32.5 Å². The first-order valence-electron chi connectivity index (χ1n) is 19.0. The van der Waals surface area contributed by atoms with E-state index in [9.17, 15) is 9.59 Å². The third-order valence-corrected chi connectivity index (χ3v) is 9.74. The van der Waals surface area contributed by atoms with Crippen molar-refractivity contribution in [1.29, 1.82) is 0 Å². The SMILES string of the molecule is CCN(CC)C(=O)CCc1cccc(N(C(=O)Oc2c(C)cccc2C)c2ccnc(Nc3cc(OC)c(OC)c(OCCCN4CCN(C)CC4)c3)n2)c1. The van der Waals surface area contributed by atoms with E-state index in [4.69, 9.17) is 23.9 Å². The largest absolute Gasteiger partial charge is 0.493 e. The molecule has 3 aromatic carbocycles. The number of likely N-dealkylation sites (N-methyl/N-ethyl adjacent to an activating group) is 1. The van der Waals surface area contributed by atoms with Crippen molar-refractivity contribution < 1.29 is 28.5 Å². The predicted octanol–water partition coefficient (Wildman–Crippen LogP) is 7.01. The molecule has 1 aliphatic rings. The summed E-state index contributed by atoms with van der Waals surface area (Å²) in [5, 5.41) is 3.26. The second-order valence-corrected chi connectivity index (χ2v) is 13.6. The third-order valence-electron chi connectivity index (χ3n) is 9.74. The first kappa shape index (κ1) is 40.8. The highest BCUT2D eigenvalue weighted by Crippen LogP contribution is 2.41. The molecule has 4 aromatic rings. The quantitative estimate of drug-likeness (QED) is 0.112. The molecule has 1 saturated heterocycles. The van der Waals surface area contributed by atoms with E-state index < -0.39 is 6.09 Å². The minimum Gasteiger partial charge on any atom is -0.493 e. The van der Waals surface area contributed by atoms with Crippen molar-refractivity contribution in [2.45, 2.75) is 47.0 Å². The number of amides is 2. The van der Waals surface area contributed by atoms with Crippen molar-refractivity contribution in [2.75, 3.05) is 83.9 Å². The molecule has 1 aliphatic heterocycles.